The lowest BCUT2D eigenvalue weighted by Crippen LogP contribution is -2.53. The summed E-state index contributed by atoms with van der Waals surface area (Å²) in [5.41, 5.74) is 2.01. The van der Waals surface area contributed by atoms with Crippen LogP contribution < -0.4 is 16.2 Å². The number of halogens is 1. The summed E-state index contributed by atoms with van der Waals surface area (Å²) < 4.78 is 0. The van der Waals surface area contributed by atoms with Crippen molar-refractivity contribution in [3.63, 3.8) is 0 Å². The van der Waals surface area contributed by atoms with E-state index in [0.717, 1.165) is 43.2 Å². The Hall–Kier alpha value is -3.19. The standard InChI is InChI=1S/C23H24ClN5O2/c1-25-21(31)23(11-3-2-4-12-23)29-22-26-14-17(24)20(28-22)16-8-5-7-15(13-16)18-9-6-10-19(30)27-18/h5-10,13-14H,2-4,11-12H2,1H3,(H,25,31)(H,27,30)(H,26,28,29). The second-order valence-corrected chi connectivity index (χ2v) is 8.15. The third-order valence-corrected chi connectivity index (χ3v) is 5.96. The van der Waals surface area contributed by atoms with Gasteiger partial charge in [0.25, 0.3) is 0 Å². The van der Waals surface area contributed by atoms with Gasteiger partial charge in [0.15, 0.2) is 0 Å². The number of carbonyl (C=O) groups is 1. The summed E-state index contributed by atoms with van der Waals surface area (Å²) in [6.07, 6.45) is 6.05. The van der Waals surface area contributed by atoms with Crippen LogP contribution in [0.1, 0.15) is 32.1 Å². The molecule has 1 aromatic carbocycles. The number of nitrogens with zero attached hydrogens (tertiary/aromatic N) is 2. The van der Waals surface area contributed by atoms with Gasteiger partial charge < -0.3 is 15.6 Å². The van der Waals surface area contributed by atoms with Crippen LogP contribution in [0.3, 0.4) is 0 Å². The number of likely N-dealkylation sites (N-methyl/N-ethyl adjacent to an activating group) is 1. The molecule has 8 heteroatoms. The predicted molar refractivity (Wildman–Crippen MR) is 122 cm³/mol. The molecule has 4 rings (SSSR count). The van der Waals surface area contributed by atoms with Crippen LogP contribution in [0, 0.1) is 0 Å². The van der Waals surface area contributed by atoms with Crippen LogP contribution >= 0.6 is 11.6 Å². The molecule has 0 saturated heterocycles. The summed E-state index contributed by atoms with van der Waals surface area (Å²) in [6, 6.07) is 12.6. The molecule has 0 unspecified atom stereocenters. The zero-order valence-corrected chi connectivity index (χ0v) is 18.0. The number of carbonyl (C=O) groups excluding carboxylic acids is 1. The van der Waals surface area contributed by atoms with Crippen molar-refractivity contribution in [3.05, 3.63) is 64.0 Å². The smallest absolute Gasteiger partial charge is 0.248 e. The molecular weight excluding hydrogens is 414 g/mol. The third-order valence-electron chi connectivity index (χ3n) is 5.68. The summed E-state index contributed by atoms with van der Waals surface area (Å²) in [5, 5.41) is 6.47. The lowest BCUT2D eigenvalue weighted by molar-refractivity contribution is -0.126. The Labute approximate surface area is 185 Å². The van der Waals surface area contributed by atoms with E-state index < -0.39 is 5.54 Å². The maximum absolute atomic E-state index is 12.7. The minimum absolute atomic E-state index is 0.0534. The maximum atomic E-state index is 12.7. The van der Waals surface area contributed by atoms with E-state index >= 15 is 0 Å². The number of benzene rings is 1. The van der Waals surface area contributed by atoms with E-state index in [1.54, 1.807) is 19.3 Å². The first-order valence-electron chi connectivity index (χ1n) is 10.3. The maximum Gasteiger partial charge on any atom is 0.248 e. The number of hydrogen-bond acceptors (Lipinski definition) is 5. The largest absolute Gasteiger partial charge is 0.357 e. The first-order chi connectivity index (χ1) is 15.0. The number of hydrogen-bond donors (Lipinski definition) is 3. The summed E-state index contributed by atoms with van der Waals surface area (Å²) in [5.74, 6) is 0.311. The monoisotopic (exact) mass is 437 g/mol. The van der Waals surface area contributed by atoms with Gasteiger partial charge >= 0.3 is 0 Å². The van der Waals surface area contributed by atoms with Crippen molar-refractivity contribution in [3.8, 4) is 22.5 Å². The Bertz CT molecular complexity index is 1150. The van der Waals surface area contributed by atoms with E-state index in [-0.39, 0.29) is 11.5 Å². The number of aromatic nitrogens is 3. The number of nitrogens with one attached hydrogen (secondary N) is 3. The normalized spacial score (nSPS) is 15.3. The van der Waals surface area contributed by atoms with Crippen LogP contribution in [0.5, 0.6) is 0 Å². The van der Waals surface area contributed by atoms with E-state index in [0.29, 0.717) is 22.4 Å². The molecule has 31 heavy (non-hydrogen) atoms. The van der Waals surface area contributed by atoms with Gasteiger partial charge in [-0.1, -0.05) is 55.1 Å². The van der Waals surface area contributed by atoms with Crippen molar-refractivity contribution in [1.29, 1.82) is 0 Å². The highest BCUT2D eigenvalue weighted by molar-refractivity contribution is 6.32. The molecule has 3 N–H and O–H groups in total. The second-order valence-electron chi connectivity index (χ2n) is 7.75. The summed E-state index contributed by atoms with van der Waals surface area (Å²) >= 11 is 6.43. The fraction of sp³-hybridized carbons (Fsp3) is 0.304. The SMILES string of the molecule is CNC(=O)C1(Nc2ncc(Cl)c(-c3cccc(-c4cccc(=O)[nH]4)c3)n2)CCCCC1. The number of anilines is 1. The number of pyridine rings is 1. The van der Waals surface area contributed by atoms with Gasteiger partial charge in [0.05, 0.1) is 16.9 Å². The molecular formula is C23H24ClN5O2. The minimum Gasteiger partial charge on any atom is -0.357 e. The van der Waals surface area contributed by atoms with Crippen molar-refractivity contribution in [2.75, 3.05) is 12.4 Å². The quantitative estimate of drug-likeness (QED) is 0.560. The highest BCUT2D eigenvalue weighted by Crippen LogP contribution is 2.33. The van der Waals surface area contributed by atoms with Gasteiger partial charge in [-0.25, -0.2) is 9.97 Å². The molecule has 3 aromatic rings. The molecule has 7 nitrogen and oxygen atoms in total. The van der Waals surface area contributed by atoms with Crippen molar-refractivity contribution in [2.24, 2.45) is 0 Å². The van der Waals surface area contributed by atoms with Crippen molar-refractivity contribution >= 4 is 23.5 Å². The number of aromatic amines is 1. The van der Waals surface area contributed by atoms with Gasteiger partial charge in [-0.05, 0) is 30.5 Å². The van der Waals surface area contributed by atoms with E-state index in [1.165, 1.54) is 6.07 Å². The summed E-state index contributed by atoms with van der Waals surface area (Å²) in [6.45, 7) is 0. The molecule has 0 radical (unpaired) electrons. The lowest BCUT2D eigenvalue weighted by Gasteiger charge is -2.36. The zero-order chi connectivity index (χ0) is 21.8. The Morgan fingerprint density at radius 3 is 2.58 bits per heavy atom. The van der Waals surface area contributed by atoms with Crippen LogP contribution in [-0.4, -0.2) is 33.4 Å². The van der Waals surface area contributed by atoms with Gasteiger partial charge in [0.1, 0.15) is 5.54 Å². The molecule has 1 saturated carbocycles. The molecule has 1 fully saturated rings. The zero-order valence-electron chi connectivity index (χ0n) is 17.2. The fourth-order valence-electron chi connectivity index (χ4n) is 4.10. The summed E-state index contributed by atoms with van der Waals surface area (Å²) in [7, 11) is 1.65. The van der Waals surface area contributed by atoms with Crippen molar-refractivity contribution in [2.45, 2.75) is 37.6 Å². The predicted octanol–water partition coefficient (Wildman–Crippen LogP) is 4.01. The Morgan fingerprint density at radius 1 is 1.10 bits per heavy atom. The van der Waals surface area contributed by atoms with E-state index in [2.05, 4.69) is 25.6 Å². The number of amides is 1. The number of rotatable bonds is 5. The summed E-state index contributed by atoms with van der Waals surface area (Å²) in [4.78, 5) is 36.1. The van der Waals surface area contributed by atoms with Gasteiger partial charge in [-0.2, -0.15) is 0 Å². The Morgan fingerprint density at radius 2 is 1.84 bits per heavy atom. The molecule has 0 aliphatic heterocycles. The highest BCUT2D eigenvalue weighted by atomic mass is 35.5. The molecule has 0 spiro atoms. The first-order valence-corrected chi connectivity index (χ1v) is 10.7. The molecule has 2 heterocycles. The van der Waals surface area contributed by atoms with Gasteiger partial charge in [-0.15, -0.1) is 0 Å². The van der Waals surface area contributed by atoms with Crippen molar-refractivity contribution in [1.82, 2.24) is 20.3 Å². The molecule has 0 atom stereocenters. The third kappa shape index (κ3) is 4.46. The van der Waals surface area contributed by atoms with Gasteiger partial charge in [0.2, 0.25) is 17.4 Å². The van der Waals surface area contributed by atoms with Crippen LogP contribution in [-0.2, 0) is 4.79 Å². The van der Waals surface area contributed by atoms with Gasteiger partial charge in [0, 0.05) is 24.4 Å². The van der Waals surface area contributed by atoms with Crippen LogP contribution in [0.15, 0.2) is 53.5 Å². The molecule has 2 aromatic heterocycles. The Kier molecular flexibility index (Phi) is 6.04. The second kappa shape index (κ2) is 8.89. The van der Waals surface area contributed by atoms with Crippen LogP contribution in [0.4, 0.5) is 5.95 Å². The van der Waals surface area contributed by atoms with E-state index in [9.17, 15) is 9.59 Å². The minimum atomic E-state index is -0.719. The van der Waals surface area contributed by atoms with E-state index in [1.807, 2.05) is 30.3 Å². The molecule has 1 amide bonds. The highest BCUT2D eigenvalue weighted by Gasteiger charge is 2.39. The van der Waals surface area contributed by atoms with Gasteiger partial charge in [-0.3, -0.25) is 9.59 Å². The lowest BCUT2D eigenvalue weighted by atomic mass is 9.81. The first kappa shape index (κ1) is 21.1. The van der Waals surface area contributed by atoms with E-state index in [4.69, 9.17) is 11.6 Å². The number of H-pyrrole nitrogens is 1. The molecule has 1 aliphatic rings. The molecule has 1 aliphatic carbocycles. The molecule has 160 valence electrons. The average molecular weight is 438 g/mol. The van der Waals surface area contributed by atoms with Crippen LogP contribution in [0.2, 0.25) is 5.02 Å². The fourth-order valence-corrected chi connectivity index (χ4v) is 4.30. The van der Waals surface area contributed by atoms with Crippen LogP contribution in [0.25, 0.3) is 22.5 Å². The average Bonchev–Trinajstić information content (AvgIpc) is 2.80. The molecule has 0 bridgehead atoms. The van der Waals surface area contributed by atoms with Crippen molar-refractivity contribution < 1.29 is 4.79 Å². The Balaban J connectivity index is 1.69. The topological polar surface area (TPSA) is 99.8 Å².